The topological polar surface area (TPSA) is 30.9 Å². The second-order valence-electron chi connectivity index (χ2n) is 2.87. The summed E-state index contributed by atoms with van der Waals surface area (Å²) in [6.45, 7) is 7.42. The van der Waals surface area contributed by atoms with Crippen LogP contribution >= 0.6 is 0 Å². The largest absolute Gasteiger partial charge is 0.599 e. The molecule has 0 heterocycles. The Morgan fingerprint density at radius 1 is 1.21 bits per heavy atom. The van der Waals surface area contributed by atoms with Crippen molar-refractivity contribution in [2.75, 3.05) is 34.4 Å². The van der Waals surface area contributed by atoms with Crippen molar-refractivity contribution in [2.24, 2.45) is 0 Å². The third-order valence-corrected chi connectivity index (χ3v) is 4.73. The molecule has 0 saturated heterocycles. The van der Waals surface area contributed by atoms with E-state index in [4.69, 9.17) is 13.3 Å². The summed E-state index contributed by atoms with van der Waals surface area (Å²) >= 11 is 0. The zero-order valence-electron chi connectivity index (χ0n) is 9.58. The molecule has 0 N–H and O–H groups in total. The van der Waals surface area contributed by atoms with E-state index < -0.39 is 8.97 Å². The third-order valence-electron chi connectivity index (χ3n) is 2.00. The predicted octanol–water partition coefficient (Wildman–Crippen LogP) is 1.26. The molecule has 0 aromatic rings. The van der Waals surface area contributed by atoms with Gasteiger partial charge in [-0.05, 0) is 13.0 Å². The van der Waals surface area contributed by atoms with Crippen molar-refractivity contribution in [2.45, 2.75) is 13.3 Å². The molecule has 0 fully saturated rings. The summed E-state index contributed by atoms with van der Waals surface area (Å²) in [5.74, 6) is 0. The van der Waals surface area contributed by atoms with Gasteiger partial charge in [-0.1, -0.05) is 13.0 Å². The Morgan fingerprint density at radius 2 is 1.71 bits per heavy atom. The Kier molecular flexibility index (Phi) is 7.03. The molecule has 0 aliphatic carbocycles. The first-order valence-electron chi connectivity index (χ1n) is 4.72. The van der Waals surface area contributed by atoms with Crippen LogP contribution in [0.1, 0.15) is 13.3 Å². The summed E-state index contributed by atoms with van der Waals surface area (Å²) in [7, 11) is 2.22. The van der Waals surface area contributed by atoms with Crippen LogP contribution in [0.2, 0.25) is 0 Å². The molecule has 0 amide bonds. The van der Waals surface area contributed by atoms with Crippen molar-refractivity contribution in [3.8, 4) is 0 Å². The Morgan fingerprint density at radius 3 is 2.00 bits per heavy atom. The van der Waals surface area contributed by atoms with Gasteiger partial charge in [-0.25, -0.2) is 0 Å². The fraction of sp³-hybridized carbons (Fsp3) is 0.778. The normalized spacial score (nSPS) is 12.1. The van der Waals surface area contributed by atoms with E-state index in [2.05, 4.69) is 18.1 Å². The molecule has 0 aliphatic rings. The quantitative estimate of drug-likeness (QED) is 0.454. The van der Waals surface area contributed by atoms with Gasteiger partial charge in [-0.15, -0.1) is 6.58 Å². The lowest BCUT2D eigenvalue weighted by atomic mass is 10.5. The third kappa shape index (κ3) is 3.18. The van der Waals surface area contributed by atoms with Crippen molar-refractivity contribution >= 4 is 8.97 Å². The summed E-state index contributed by atoms with van der Waals surface area (Å²) in [5.41, 5.74) is 0. The smallest absolute Gasteiger partial charge is 0.364 e. The monoisotopic (exact) mass is 219 g/mol. The lowest BCUT2D eigenvalue weighted by Crippen LogP contribution is -2.59. The van der Waals surface area contributed by atoms with Gasteiger partial charge >= 0.3 is 8.97 Å². The highest BCUT2D eigenvalue weighted by molar-refractivity contribution is 6.57. The zero-order valence-corrected chi connectivity index (χ0v) is 10.6. The van der Waals surface area contributed by atoms with Gasteiger partial charge in [0.1, 0.15) is 0 Å². The molecule has 0 saturated carbocycles. The van der Waals surface area contributed by atoms with Crippen molar-refractivity contribution in [3.63, 3.8) is 0 Å². The molecule has 84 valence electrons. The van der Waals surface area contributed by atoms with Gasteiger partial charge in [-0.3, -0.25) is 4.57 Å². The van der Waals surface area contributed by atoms with Gasteiger partial charge < -0.3 is 13.3 Å². The molecule has 0 spiro atoms. The standard InChI is InChI=1S/C9H21NO3Si/c1-6-8-10(9-7-2)14(11-3,12-4)13-5/h6H,1,7-9H2,2-5H3. The first kappa shape index (κ1) is 13.8. The molecule has 14 heavy (non-hydrogen) atoms. The highest BCUT2D eigenvalue weighted by atomic mass is 28.4. The lowest BCUT2D eigenvalue weighted by molar-refractivity contribution is 0.0614. The number of hydrogen-bond acceptors (Lipinski definition) is 4. The molecule has 0 atom stereocenters. The van der Waals surface area contributed by atoms with E-state index in [1.54, 1.807) is 21.3 Å². The number of rotatable bonds is 8. The van der Waals surface area contributed by atoms with E-state index in [1.807, 2.05) is 6.08 Å². The summed E-state index contributed by atoms with van der Waals surface area (Å²) in [4.78, 5) is 0. The van der Waals surface area contributed by atoms with Crippen LogP contribution in [0.25, 0.3) is 0 Å². The summed E-state index contributed by atoms with van der Waals surface area (Å²) < 4.78 is 18.2. The van der Waals surface area contributed by atoms with Crippen LogP contribution < -0.4 is 0 Å². The molecule has 0 aliphatic heterocycles. The molecule has 0 unspecified atom stereocenters. The van der Waals surface area contributed by atoms with Gasteiger partial charge in [0.15, 0.2) is 0 Å². The van der Waals surface area contributed by atoms with E-state index in [1.165, 1.54) is 0 Å². The Balaban J connectivity index is 4.59. The molecule has 5 heteroatoms. The van der Waals surface area contributed by atoms with E-state index >= 15 is 0 Å². The van der Waals surface area contributed by atoms with Gasteiger partial charge in [-0.2, -0.15) is 0 Å². The van der Waals surface area contributed by atoms with E-state index in [9.17, 15) is 0 Å². The summed E-state index contributed by atoms with van der Waals surface area (Å²) in [6.07, 6.45) is 2.85. The molecular weight excluding hydrogens is 198 g/mol. The minimum Gasteiger partial charge on any atom is -0.364 e. The fourth-order valence-corrected chi connectivity index (χ4v) is 3.53. The van der Waals surface area contributed by atoms with Crippen LogP contribution in [0.4, 0.5) is 0 Å². The zero-order chi connectivity index (χ0) is 11.0. The SMILES string of the molecule is C=CCN(CCC)[Si](OC)(OC)OC. The van der Waals surface area contributed by atoms with E-state index in [0.717, 1.165) is 19.5 Å². The maximum absolute atomic E-state index is 5.38. The molecule has 4 nitrogen and oxygen atoms in total. The molecule has 0 bridgehead atoms. The minimum absolute atomic E-state index is 0.718. The Labute approximate surface area is 87.9 Å². The minimum atomic E-state index is -2.63. The number of nitrogens with zero attached hydrogens (tertiary/aromatic N) is 1. The van der Waals surface area contributed by atoms with E-state index in [0.29, 0.717) is 0 Å². The summed E-state index contributed by atoms with van der Waals surface area (Å²) in [5, 5.41) is 0. The van der Waals surface area contributed by atoms with Crippen molar-refractivity contribution in [1.82, 2.24) is 4.57 Å². The maximum Gasteiger partial charge on any atom is 0.599 e. The van der Waals surface area contributed by atoms with Crippen LogP contribution in [-0.2, 0) is 13.3 Å². The second kappa shape index (κ2) is 7.14. The van der Waals surface area contributed by atoms with Crippen molar-refractivity contribution in [3.05, 3.63) is 12.7 Å². The van der Waals surface area contributed by atoms with Gasteiger partial charge in [0, 0.05) is 27.9 Å². The first-order valence-corrected chi connectivity index (χ1v) is 6.39. The fourth-order valence-electron chi connectivity index (χ4n) is 1.40. The summed E-state index contributed by atoms with van der Waals surface area (Å²) in [6, 6.07) is 0. The molecule has 0 radical (unpaired) electrons. The van der Waals surface area contributed by atoms with Crippen molar-refractivity contribution < 1.29 is 13.3 Å². The Hall–Kier alpha value is -0.203. The van der Waals surface area contributed by atoms with Crippen LogP contribution in [0, 0.1) is 0 Å². The van der Waals surface area contributed by atoms with Gasteiger partial charge in [0.05, 0.1) is 0 Å². The van der Waals surface area contributed by atoms with Gasteiger partial charge in [0.25, 0.3) is 0 Å². The average Bonchev–Trinajstić information content (AvgIpc) is 2.22. The van der Waals surface area contributed by atoms with Crippen LogP contribution in [0.3, 0.4) is 0 Å². The molecular formula is C9H21NO3Si. The van der Waals surface area contributed by atoms with Crippen LogP contribution in [-0.4, -0.2) is 48.0 Å². The average molecular weight is 219 g/mol. The number of hydrogen-bond donors (Lipinski definition) is 0. The highest BCUT2D eigenvalue weighted by Crippen LogP contribution is 2.13. The Bertz CT molecular complexity index is 154. The van der Waals surface area contributed by atoms with Crippen LogP contribution in [0.15, 0.2) is 12.7 Å². The molecule has 0 aromatic carbocycles. The second-order valence-corrected chi connectivity index (χ2v) is 5.78. The van der Waals surface area contributed by atoms with Crippen LogP contribution in [0.5, 0.6) is 0 Å². The van der Waals surface area contributed by atoms with E-state index in [-0.39, 0.29) is 0 Å². The maximum atomic E-state index is 5.38. The predicted molar refractivity (Wildman–Crippen MR) is 58.8 cm³/mol. The first-order chi connectivity index (χ1) is 6.70. The molecule has 0 aromatic heterocycles. The van der Waals surface area contributed by atoms with Crippen molar-refractivity contribution in [1.29, 1.82) is 0 Å². The van der Waals surface area contributed by atoms with Gasteiger partial charge in [0.2, 0.25) is 0 Å². The highest BCUT2D eigenvalue weighted by Gasteiger charge is 2.45. The molecule has 0 rings (SSSR count). The lowest BCUT2D eigenvalue weighted by Gasteiger charge is -2.34.